The van der Waals surface area contributed by atoms with Crippen LogP contribution in [0.15, 0.2) is 0 Å². The summed E-state index contributed by atoms with van der Waals surface area (Å²) in [5.41, 5.74) is 3.34. The molecule has 3 rings (SSSR count). The van der Waals surface area contributed by atoms with E-state index in [9.17, 15) is 9.59 Å². The standard InChI is InChI=1S/C17H27N5O2/c1-12-15(13(2)20(3)19-12)4-5-16(23)21-9-6-14(7-10-21)22-11-8-18-17(22)24/h14H,4-11H2,1-3H3,(H,18,24). The lowest BCUT2D eigenvalue weighted by Crippen LogP contribution is -2.47. The van der Waals surface area contributed by atoms with Gasteiger partial charge in [0.1, 0.15) is 0 Å². The number of hydrogen-bond acceptors (Lipinski definition) is 3. The van der Waals surface area contributed by atoms with E-state index in [1.54, 1.807) is 0 Å². The monoisotopic (exact) mass is 333 g/mol. The number of carbonyl (C=O) groups is 2. The SMILES string of the molecule is Cc1nn(C)c(C)c1CCC(=O)N1CCC(N2CCNC2=O)CC1. The Balaban J connectivity index is 1.49. The van der Waals surface area contributed by atoms with Gasteiger partial charge in [0, 0.05) is 51.4 Å². The van der Waals surface area contributed by atoms with Crippen LogP contribution in [0.2, 0.25) is 0 Å². The van der Waals surface area contributed by atoms with Crippen molar-refractivity contribution < 1.29 is 9.59 Å². The number of aromatic nitrogens is 2. The van der Waals surface area contributed by atoms with Gasteiger partial charge in [-0.15, -0.1) is 0 Å². The van der Waals surface area contributed by atoms with Gasteiger partial charge in [0.25, 0.3) is 0 Å². The van der Waals surface area contributed by atoms with Crippen LogP contribution in [-0.2, 0) is 18.3 Å². The molecule has 1 aromatic rings. The molecular formula is C17H27N5O2. The van der Waals surface area contributed by atoms with Gasteiger partial charge in [0.2, 0.25) is 5.91 Å². The first-order valence-electron chi connectivity index (χ1n) is 8.78. The molecule has 0 aliphatic carbocycles. The highest BCUT2D eigenvalue weighted by Crippen LogP contribution is 2.20. The largest absolute Gasteiger partial charge is 0.343 e. The number of hydrogen-bond donors (Lipinski definition) is 1. The Morgan fingerprint density at radius 1 is 1.25 bits per heavy atom. The van der Waals surface area contributed by atoms with Crippen molar-refractivity contribution >= 4 is 11.9 Å². The molecule has 3 heterocycles. The summed E-state index contributed by atoms with van der Waals surface area (Å²) in [6.07, 6.45) is 3.04. The number of amides is 3. The van der Waals surface area contributed by atoms with Gasteiger partial charge in [-0.3, -0.25) is 9.48 Å². The summed E-state index contributed by atoms with van der Waals surface area (Å²) in [6, 6.07) is 0.321. The smallest absolute Gasteiger partial charge is 0.317 e. The molecule has 2 aliphatic heterocycles. The van der Waals surface area contributed by atoms with E-state index in [4.69, 9.17) is 0 Å². The molecule has 1 N–H and O–H groups in total. The fraction of sp³-hybridized carbons (Fsp3) is 0.706. The molecule has 2 fully saturated rings. The summed E-state index contributed by atoms with van der Waals surface area (Å²) in [4.78, 5) is 28.1. The van der Waals surface area contributed by atoms with E-state index in [-0.39, 0.29) is 18.0 Å². The molecule has 0 bridgehead atoms. The van der Waals surface area contributed by atoms with Gasteiger partial charge in [-0.25, -0.2) is 4.79 Å². The molecule has 0 radical (unpaired) electrons. The van der Waals surface area contributed by atoms with Crippen molar-refractivity contribution in [3.05, 3.63) is 17.0 Å². The maximum Gasteiger partial charge on any atom is 0.317 e. The third kappa shape index (κ3) is 3.25. The van der Waals surface area contributed by atoms with Crippen LogP contribution < -0.4 is 5.32 Å². The van der Waals surface area contributed by atoms with Gasteiger partial charge in [-0.1, -0.05) is 0 Å². The molecule has 132 valence electrons. The van der Waals surface area contributed by atoms with Gasteiger partial charge < -0.3 is 15.1 Å². The zero-order valence-corrected chi connectivity index (χ0v) is 14.8. The van der Waals surface area contributed by atoms with Crippen LogP contribution in [0.4, 0.5) is 4.79 Å². The first-order valence-corrected chi connectivity index (χ1v) is 8.78. The Kier molecular flexibility index (Phi) is 4.78. The third-order valence-electron chi connectivity index (χ3n) is 5.40. The van der Waals surface area contributed by atoms with Crippen molar-refractivity contribution in [3.63, 3.8) is 0 Å². The maximum atomic E-state index is 12.5. The zero-order valence-electron chi connectivity index (χ0n) is 14.8. The minimum absolute atomic E-state index is 0.0438. The van der Waals surface area contributed by atoms with Crippen molar-refractivity contribution in [3.8, 4) is 0 Å². The summed E-state index contributed by atoms with van der Waals surface area (Å²) in [7, 11) is 1.94. The molecule has 2 aliphatic rings. The Morgan fingerprint density at radius 2 is 1.96 bits per heavy atom. The molecule has 7 heteroatoms. The van der Waals surface area contributed by atoms with Crippen molar-refractivity contribution in [2.45, 2.75) is 45.6 Å². The number of nitrogens with zero attached hydrogens (tertiary/aromatic N) is 4. The number of likely N-dealkylation sites (tertiary alicyclic amines) is 1. The number of piperidine rings is 1. The molecule has 0 atom stereocenters. The maximum absolute atomic E-state index is 12.5. The lowest BCUT2D eigenvalue weighted by Gasteiger charge is -2.36. The predicted molar refractivity (Wildman–Crippen MR) is 90.7 cm³/mol. The number of aryl methyl sites for hydroxylation is 2. The Hall–Kier alpha value is -2.05. The van der Waals surface area contributed by atoms with Gasteiger partial charge in [0.05, 0.1) is 5.69 Å². The quantitative estimate of drug-likeness (QED) is 0.893. The summed E-state index contributed by atoms with van der Waals surface area (Å²) < 4.78 is 1.88. The van der Waals surface area contributed by atoms with Crippen molar-refractivity contribution in [1.29, 1.82) is 0 Å². The molecule has 24 heavy (non-hydrogen) atoms. The fourth-order valence-corrected chi connectivity index (χ4v) is 3.83. The summed E-state index contributed by atoms with van der Waals surface area (Å²) >= 11 is 0. The molecule has 0 spiro atoms. The van der Waals surface area contributed by atoms with Gasteiger partial charge in [-0.2, -0.15) is 5.10 Å². The van der Waals surface area contributed by atoms with E-state index < -0.39 is 0 Å². The molecule has 7 nitrogen and oxygen atoms in total. The summed E-state index contributed by atoms with van der Waals surface area (Å²) in [5.74, 6) is 0.210. The Morgan fingerprint density at radius 3 is 2.50 bits per heavy atom. The van der Waals surface area contributed by atoms with Gasteiger partial charge >= 0.3 is 6.03 Å². The average Bonchev–Trinajstić information content (AvgIpc) is 3.10. The van der Waals surface area contributed by atoms with E-state index in [1.807, 2.05) is 35.4 Å². The van der Waals surface area contributed by atoms with Crippen LogP contribution in [0.5, 0.6) is 0 Å². The Labute approximate surface area is 143 Å². The highest BCUT2D eigenvalue weighted by molar-refractivity contribution is 5.77. The molecule has 0 unspecified atom stereocenters. The van der Waals surface area contributed by atoms with Crippen LogP contribution in [0, 0.1) is 13.8 Å². The first-order chi connectivity index (χ1) is 11.5. The zero-order chi connectivity index (χ0) is 17.3. The van der Waals surface area contributed by atoms with E-state index >= 15 is 0 Å². The second kappa shape index (κ2) is 6.83. The van der Waals surface area contributed by atoms with Crippen LogP contribution >= 0.6 is 0 Å². The number of carbonyl (C=O) groups excluding carboxylic acids is 2. The minimum Gasteiger partial charge on any atom is -0.343 e. The second-order valence-corrected chi connectivity index (χ2v) is 6.81. The van der Waals surface area contributed by atoms with Crippen molar-refractivity contribution in [2.75, 3.05) is 26.2 Å². The van der Waals surface area contributed by atoms with E-state index in [2.05, 4.69) is 10.4 Å². The Bertz CT molecular complexity index is 631. The summed E-state index contributed by atoms with van der Waals surface area (Å²) in [5, 5.41) is 7.26. The number of rotatable bonds is 4. The highest BCUT2D eigenvalue weighted by Gasteiger charge is 2.31. The number of urea groups is 1. The molecule has 1 aromatic heterocycles. The van der Waals surface area contributed by atoms with Crippen molar-refractivity contribution in [2.24, 2.45) is 7.05 Å². The van der Waals surface area contributed by atoms with Crippen LogP contribution in [0.3, 0.4) is 0 Å². The molecule has 0 aromatic carbocycles. The van der Waals surface area contributed by atoms with E-state index in [0.717, 1.165) is 56.8 Å². The lowest BCUT2D eigenvalue weighted by atomic mass is 10.0. The number of nitrogens with one attached hydrogen (secondary N) is 1. The topological polar surface area (TPSA) is 70.5 Å². The second-order valence-electron chi connectivity index (χ2n) is 6.81. The summed E-state index contributed by atoms with van der Waals surface area (Å²) in [6.45, 7) is 7.07. The fourth-order valence-electron chi connectivity index (χ4n) is 3.83. The van der Waals surface area contributed by atoms with Crippen LogP contribution in [0.25, 0.3) is 0 Å². The van der Waals surface area contributed by atoms with Crippen LogP contribution in [0.1, 0.15) is 36.2 Å². The van der Waals surface area contributed by atoms with Gasteiger partial charge in [-0.05, 0) is 38.7 Å². The molecule has 0 saturated carbocycles. The minimum atomic E-state index is 0.0438. The molecule has 2 saturated heterocycles. The first kappa shape index (κ1) is 16.8. The highest BCUT2D eigenvalue weighted by atomic mass is 16.2. The van der Waals surface area contributed by atoms with E-state index in [0.29, 0.717) is 6.42 Å². The molecular weight excluding hydrogens is 306 g/mol. The lowest BCUT2D eigenvalue weighted by molar-refractivity contribution is -0.132. The van der Waals surface area contributed by atoms with Crippen LogP contribution in [-0.4, -0.2) is 63.7 Å². The molecule has 3 amide bonds. The normalized spacial score (nSPS) is 19.0. The van der Waals surface area contributed by atoms with E-state index in [1.165, 1.54) is 5.56 Å². The van der Waals surface area contributed by atoms with Crippen molar-refractivity contribution in [1.82, 2.24) is 24.9 Å². The third-order valence-corrected chi connectivity index (χ3v) is 5.40. The van der Waals surface area contributed by atoms with Gasteiger partial charge in [0.15, 0.2) is 0 Å². The predicted octanol–water partition coefficient (Wildman–Crippen LogP) is 0.986. The average molecular weight is 333 g/mol.